The van der Waals surface area contributed by atoms with Crippen molar-refractivity contribution in [2.75, 3.05) is 13.1 Å². The molecule has 5 heteroatoms. The van der Waals surface area contributed by atoms with Crippen molar-refractivity contribution >= 4 is 11.8 Å². The SMILES string of the molecule is CC(N)(C(=O)N1CCCC2C(=O)NCC21)C1CC1. The number of hydrogen-bond donors (Lipinski definition) is 2. The summed E-state index contributed by atoms with van der Waals surface area (Å²) in [6.07, 6.45) is 3.90. The Morgan fingerprint density at radius 2 is 2.17 bits per heavy atom. The molecule has 5 nitrogen and oxygen atoms in total. The van der Waals surface area contributed by atoms with Crippen LogP contribution in [0, 0.1) is 11.8 Å². The van der Waals surface area contributed by atoms with Crippen molar-refractivity contribution in [3.8, 4) is 0 Å². The van der Waals surface area contributed by atoms with Crippen LogP contribution in [-0.2, 0) is 9.59 Å². The van der Waals surface area contributed by atoms with E-state index in [-0.39, 0.29) is 23.8 Å². The van der Waals surface area contributed by atoms with Gasteiger partial charge in [-0.25, -0.2) is 0 Å². The predicted molar refractivity (Wildman–Crippen MR) is 66.6 cm³/mol. The summed E-state index contributed by atoms with van der Waals surface area (Å²) in [7, 11) is 0. The van der Waals surface area contributed by atoms with Crippen molar-refractivity contribution in [2.45, 2.75) is 44.2 Å². The van der Waals surface area contributed by atoms with Crippen molar-refractivity contribution in [2.24, 2.45) is 17.6 Å². The Morgan fingerprint density at radius 3 is 2.83 bits per heavy atom. The molecule has 18 heavy (non-hydrogen) atoms. The van der Waals surface area contributed by atoms with Gasteiger partial charge >= 0.3 is 0 Å². The Hall–Kier alpha value is -1.10. The van der Waals surface area contributed by atoms with Crippen molar-refractivity contribution < 1.29 is 9.59 Å². The molecular weight excluding hydrogens is 230 g/mol. The number of carbonyl (C=O) groups excluding carboxylic acids is 2. The summed E-state index contributed by atoms with van der Waals surface area (Å²) >= 11 is 0. The molecule has 3 rings (SSSR count). The molecule has 2 heterocycles. The Morgan fingerprint density at radius 1 is 1.44 bits per heavy atom. The normalized spacial score (nSPS) is 34.8. The number of amides is 2. The molecule has 1 saturated carbocycles. The highest BCUT2D eigenvalue weighted by Gasteiger charge is 2.50. The van der Waals surface area contributed by atoms with E-state index in [9.17, 15) is 9.59 Å². The molecule has 0 aromatic rings. The summed E-state index contributed by atoms with van der Waals surface area (Å²) in [4.78, 5) is 26.2. The summed E-state index contributed by atoms with van der Waals surface area (Å²) in [5, 5.41) is 2.87. The highest BCUT2D eigenvalue weighted by Crippen LogP contribution is 2.40. The lowest BCUT2D eigenvalue weighted by atomic mass is 9.88. The van der Waals surface area contributed by atoms with E-state index in [2.05, 4.69) is 5.32 Å². The van der Waals surface area contributed by atoms with Gasteiger partial charge in [0.2, 0.25) is 11.8 Å². The average molecular weight is 251 g/mol. The van der Waals surface area contributed by atoms with Gasteiger partial charge in [-0.05, 0) is 38.5 Å². The van der Waals surface area contributed by atoms with Crippen LogP contribution in [0.15, 0.2) is 0 Å². The van der Waals surface area contributed by atoms with E-state index in [1.807, 2.05) is 11.8 Å². The summed E-state index contributed by atoms with van der Waals surface area (Å²) < 4.78 is 0. The number of rotatable bonds is 2. The van der Waals surface area contributed by atoms with Crippen molar-refractivity contribution in [3.05, 3.63) is 0 Å². The van der Waals surface area contributed by atoms with Crippen LogP contribution in [0.3, 0.4) is 0 Å². The van der Waals surface area contributed by atoms with Gasteiger partial charge in [-0.15, -0.1) is 0 Å². The van der Waals surface area contributed by atoms with Crippen LogP contribution >= 0.6 is 0 Å². The molecule has 0 bridgehead atoms. The lowest BCUT2D eigenvalue weighted by molar-refractivity contribution is -0.142. The van der Waals surface area contributed by atoms with E-state index in [4.69, 9.17) is 5.73 Å². The number of hydrogen-bond acceptors (Lipinski definition) is 3. The monoisotopic (exact) mass is 251 g/mol. The van der Waals surface area contributed by atoms with Crippen LogP contribution in [-0.4, -0.2) is 41.4 Å². The number of fused-ring (bicyclic) bond motifs is 1. The maximum Gasteiger partial charge on any atom is 0.242 e. The second-order valence-corrected chi connectivity index (χ2v) is 6.12. The fourth-order valence-corrected chi connectivity index (χ4v) is 3.37. The minimum Gasteiger partial charge on any atom is -0.354 e. The summed E-state index contributed by atoms with van der Waals surface area (Å²) in [6, 6.07) is 0.0281. The van der Waals surface area contributed by atoms with Gasteiger partial charge in [-0.3, -0.25) is 9.59 Å². The highest BCUT2D eigenvalue weighted by molar-refractivity contribution is 5.89. The van der Waals surface area contributed by atoms with E-state index in [0.29, 0.717) is 12.5 Å². The number of nitrogens with two attached hydrogens (primary N) is 1. The van der Waals surface area contributed by atoms with Crippen molar-refractivity contribution in [3.63, 3.8) is 0 Å². The molecule has 3 N–H and O–H groups in total. The maximum atomic E-state index is 12.6. The molecular formula is C13H21N3O2. The Bertz CT molecular complexity index is 390. The Labute approximate surface area is 107 Å². The molecule has 3 unspecified atom stereocenters. The smallest absolute Gasteiger partial charge is 0.242 e. The highest BCUT2D eigenvalue weighted by atomic mass is 16.2. The number of nitrogens with one attached hydrogen (secondary N) is 1. The van der Waals surface area contributed by atoms with Gasteiger partial charge < -0.3 is 16.0 Å². The van der Waals surface area contributed by atoms with Gasteiger partial charge in [0, 0.05) is 13.1 Å². The van der Waals surface area contributed by atoms with Gasteiger partial charge in [0.15, 0.2) is 0 Å². The maximum absolute atomic E-state index is 12.6. The Kier molecular flexibility index (Phi) is 2.62. The first-order chi connectivity index (χ1) is 8.51. The largest absolute Gasteiger partial charge is 0.354 e. The van der Waals surface area contributed by atoms with Gasteiger partial charge in [0.25, 0.3) is 0 Å². The van der Waals surface area contributed by atoms with Gasteiger partial charge in [-0.1, -0.05) is 0 Å². The fraction of sp³-hybridized carbons (Fsp3) is 0.846. The zero-order valence-corrected chi connectivity index (χ0v) is 10.8. The quantitative estimate of drug-likeness (QED) is 0.716. The molecule has 0 radical (unpaired) electrons. The van der Waals surface area contributed by atoms with Crippen LogP contribution in [0.5, 0.6) is 0 Å². The van der Waals surface area contributed by atoms with Crippen LogP contribution in [0.1, 0.15) is 32.6 Å². The second-order valence-electron chi connectivity index (χ2n) is 6.12. The van der Waals surface area contributed by atoms with Crippen LogP contribution < -0.4 is 11.1 Å². The third-order valence-corrected chi connectivity index (χ3v) is 4.75. The molecule has 0 spiro atoms. The Balaban J connectivity index is 1.79. The first kappa shape index (κ1) is 12.0. The number of nitrogens with zero attached hydrogens (tertiary/aromatic N) is 1. The molecule has 0 aromatic heterocycles. The molecule has 3 atom stereocenters. The first-order valence-electron chi connectivity index (χ1n) is 6.89. The standard InChI is InChI=1S/C13H21N3O2/c1-13(14,8-4-5-8)12(18)16-6-2-3-9-10(16)7-15-11(9)17/h8-10H,2-7,14H2,1H3,(H,15,17). The lowest BCUT2D eigenvalue weighted by Gasteiger charge is -2.40. The number of piperidine rings is 1. The van der Waals surface area contributed by atoms with Crippen LogP contribution in [0.4, 0.5) is 0 Å². The van der Waals surface area contributed by atoms with E-state index < -0.39 is 5.54 Å². The fourth-order valence-electron chi connectivity index (χ4n) is 3.37. The molecule has 2 aliphatic heterocycles. The predicted octanol–water partition coefficient (Wildman–Crippen LogP) is -0.149. The minimum absolute atomic E-state index is 0.0160. The topological polar surface area (TPSA) is 75.4 Å². The third kappa shape index (κ3) is 1.72. The number of carbonyl (C=O) groups is 2. The summed E-state index contributed by atoms with van der Waals surface area (Å²) in [5.41, 5.74) is 5.47. The van der Waals surface area contributed by atoms with Crippen molar-refractivity contribution in [1.29, 1.82) is 0 Å². The lowest BCUT2D eigenvalue weighted by Crippen LogP contribution is -2.60. The zero-order valence-electron chi connectivity index (χ0n) is 10.8. The minimum atomic E-state index is -0.743. The molecule has 2 saturated heterocycles. The van der Waals surface area contributed by atoms with E-state index in [1.54, 1.807) is 0 Å². The average Bonchev–Trinajstić information content (AvgIpc) is 3.14. The summed E-state index contributed by atoms with van der Waals surface area (Å²) in [6.45, 7) is 3.19. The van der Waals surface area contributed by atoms with E-state index in [0.717, 1.165) is 32.2 Å². The zero-order chi connectivity index (χ0) is 12.9. The molecule has 1 aliphatic carbocycles. The third-order valence-electron chi connectivity index (χ3n) is 4.75. The van der Waals surface area contributed by atoms with Gasteiger partial charge in [0.1, 0.15) is 0 Å². The second kappa shape index (κ2) is 3.95. The molecule has 3 aliphatic rings. The molecule has 100 valence electrons. The summed E-state index contributed by atoms with van der Waals surface area (Å²) in [5.74, 6) is 0.451. The van der Waals surface area contributed by atoms with Gasteiger partial charge in [-0.2, -0.15) is 0 Å². The number of likely N-dealkylation sites (tertiary alicyclic amines) is 1. The van der Waals surface area contributed by atoms with Gasteiger partial charge in [0.05, 0.1) is 17.5 Å². The molecule has 0 aromatic carbocycles. The van der Waals surface area contributed by atoms with E-state index >= 15 is 0 Å². The van der Waals surface area contributed by atoms with Crippen molar-refractivity contribution in [1.82, 2.24) is 10.2 Å². The molecule has 3 fully saturated rings. The first-order valence-corrected chi connectivity index (χ1v) is 6.89. The van der Waals surface area contributed by atoms with E-state index in [1.165, 1.54) is 0 Å². The van der Waals surface area contributed by atoms with Crippen LogP contribution in [0.2, 0.25) is 0 Å². The molecule has 2 amide bonds. The van der Waals surface area contributed by atoms with Crippen LogP contribution in [0.25, 0.3) is 0 Å².